The van der Waals surface area contributed by atoms with Gasteiger partial charge in [-0.25, -0.2) is 9.97 Å². The van der Waals surface area contributed by atoms with Gasteiger partial charge in [0.05, 0.1) is 11.2 Å². The van der Waals surface area contributed by atoms with E-state index >= 15 is 0 Å². The molecule has 0 fully saturated rings. The van der Waals surface area contributed by atoms with Crippen LogP contribution in [0.2, 0.25) is 0 Å². The molecule has 84 valence electrons. The Hall–Kier alpha value is -1.95. The lowest BCUT2D eigenvalue weighted by atomic mass is 10.1. The average molecular weight is 290 g/mol. The molecule has 0 aliphatic carbocycles. The number of hydrogen-bond donors (Lipinski definition) is 2. The summed E-state index contributed by atoms with van der Waals surface area (Å²) in [6.07, 6.45) is 1.62. The van der Waals surface area contributed by atoms with Crippen LogP contribution in [-0.2, 0) is 0 Å². The van der Waals surface area contributed by atoms with E-state index in [0.717, 1.165) is 21.1 Å². The first-order valence-electron chi connectivity index (χ1n) is 4.96. The number of halogens is 1. The van der Waals surface area contributed by atoms with Gasteiger partial charge in [-0.1, -0.05) is 15.9 Å². The fourth-order valence-electron chi connectivity index (χ4n) is 1.69. The predicted molar refractivity (Wildman–Crippen MR) is 69.2 cm³/mol. The number of anilines is 1. The fraction of sp³-hybridized carbons (Fsp3) is 0. The third kappa shape index (κ3) is 1.76. The summed E-state index contributed by atoms with van der Waals surface area (Å²) >= 11 is 3.44. The Morgan fingerprint density at radius 1 is 1.24 bits per heavy atom. The second-order valence-electron chi connectivity index (χ2n) is 3.56. The molecular weight excluding hydrogens is 282 g/mol. The average Bonchev–Trinajstić information content (AvgIpc) is 2.71. The van der Waals surface area contributed by atoms with Crippen molar-refractivity contribution in [2.75, 3.05) is 5.73 Å². The molecule has 0 atom stereocenters. The minimum Gasteiger partial charge on any atom is -0.368 e. The van der Waals surface area contributed by atoms with E-state index in [1.54, 1.807) is 12.3 Å². The Bertz CT molecular complexity index is 691. The maximum Gasteiger partial charge on any atom is 0.220 e. The van der Waals surface area contributed by atoms with Gasteiger partial charge in [0, 0.05) is 16.1 Å². The molecule has 0 spiro atoms. The van der Waals surface area contributed by atoms with Crippen molar-refractivity contribution >= 4 is 32.8 Å². The SMILES string of the molecule is Nc1nccc(-c2n[nH]c3ccc(Br)cc23)n1. The summed E-state index contributed by atoms with van der Waals surface area (Å²) < 4.78 is 0.995. The molecule has 1 aromatic carbocycles. The molecule has 0 aliphatic heterocycles. The van der Waals surface area contributed by atoms with Crippen LogP contribution >= 0.6 is 15.9 Å². The quantitative estimate of drug-likeness (QED) is 0.721. The number of nitrogens with one attached hydrogen (secondary N) is 1. The first-order chi connectivity index (χ1) is 8.24. The normalized spacial score (nSPS) is 10.9. The Balaban J connectivity index is 2.27. The van der Waals surface area contributed by atoms with Crippen LogP contribution < -0.4 is 5.73 Å². The molecule has 3 N–H and O–H groups in total. The molecule has 0 saturated heterocycles. The van der Waals surface area contributed by atoms with Gasteiger partial charge in [-0.2, -0.15) is 5.10 Å². The van der Waals surface area contributed by atoms with Crippen LogP contribution in [0.25, 0.3) is 22.3 Å². The third-order valence-electron chi connectivity index (χ3n) is 2.44. The van der Waals surface area contributed by atoms with Crippen molar-refractivity contribution in [3.63, 3.8) is 0 Å². The molecular formula is C11H8BrN5. The van der Waals surface area contributed by atoms with E-state index < -0.39 is 0 Å². The van der Waals surface area contributed by atoms with Crippen molar-refractivity contribution in [3.8, 4) is 11.4 Å². The minimum atomic E-state index is 0.244. The molecule has 0 unspecified atom stereocenters. The second kappa shape index (κ2) is 3.81. The van der Waals surface area contributed by atoms with Gasteiger partial charge in [0.25, 0.3) is 0 Å². The standard InChI is InChI=1S/C11H8BrN5/c12-6-1-2-8-7(5-6)10(17-16-8)9-3-4-14-11(13)15-9/h1-5H,(H,16,17)(H2,13,14,15). The first-order valence-corrected chi connectivity index (χ1v) is 5.76. The first kappa shape index (κ1) is 10.2. The number of nitrogen functional groups attached to an aromatic ring is 1. The molecule has 2 heterocycles. The van der Waals surface area contributed by atoms with Gasteiger partial charge >= 0.3 is 0 Å². The van der Waals surface area contributed by atoms with Gasteiger partial charge in [-0.15, -0.1) is 0 Å². The third-order valence-corrected chi connectivity index (χ3v) is 2.93. The maximum absolute atomic E-state index is 5.57. The van der Waals surface area contributed by atoms with E-state index in [1.807, 2.05) is 18.2 Å². The molecule has 2 aromatic heterocycles. The van der Waals surface area contributed by atoms with Gasteiger partial charge in [-0.3, -0.25) is 5.10 Å². The van der Waals surface area contributed by atoms with Crippen molar-refractivity contribution in [2.24, 2.45) is 0 Å². The summed E-state index contributed by atoms with van der Waals surface area (Å²) in [4.78, 5) is 8.03. The molecule has 17 heavy (non-hydrogen) atoms. The van der Waals surface area contributed by atoms with E-state index in [0.29, 0.717) is 5.69 Å². The van der Waals surface area contributed by atoms with E-state index in [4.69, 9.17) is 5.73 Å². The molecule has 3 rings (SSSR count). The summed E-state index contributed by atoms with van der Waals surface area (Å²) in [5.74, 6) is 0.244. The van der Waals surface area contributed by atoms with Crippen LogP contribution in [0.3, 0.4) is 0 Å². The van der Waals surface area contributed by atoms with Crippen LogP contribution in [0.4, 0.5) is 5.95 Å². The molecule has 0 bridgehead atoms. The number of fused-ring (bicyclic) bond motifs is 1. The topological polar surface area (TPSA) is 80.5 Å². The minimum absolute atomic E-state index is 0.244. The van der Waals surface area contributed by atoms with Crippen molar-refractivity contribution in [1.29, 1.82) is 0 Å². The van der Waals surface area contributed by atoms with Gasteiger partial charge in [0.1, 0.15) is 5.69 Å². The highest BCUT2D eigenvalue weighted by atomic mass is 79.9. The summed E-state index contributed by atoms with van der Waals surface area (Å²) in [5, 5.41) is 8.22. The van der Waals surface area contributed by atoms with E-state index in [-0.39, 0.29) is 5.95 Å². The predicted octanol–water partition coefficient (Wildman–Crippen LogP) is 2.36. The Kier molecular flexibility index (Phi) is 2.29. The van der Waals surface area contributed by atoms with Crippen LogP contribution in [0.5, 0.6) is 0 Å². The van der Waals surface area contributed by atoms with Gasteiger partial charge in [-0.05, 0) is 24.3 Å². The number of aromatic amines is 1. The zero-order valence-electron chi connectivity index (χ0n) is 8.68. The monoisotopic (exact) mass is 289 g/mol. The fourth-order valence-corrected chi connectivity index (χ4v) is 2.05. The maximum atomic E-state index is 5.57. The molecule has 0 amide bonds. The lowest BCUT2D eigenvalue weighted by Crippen LogP contribution is -1.95. The molecule has 0 aliphatic rings. The molecule has 6 heteroatoms. The van der Waals surface area contributed by atoms with Crippen molar-refractivity contribution < 1.29 is 0 Å². The van der Waals surface area contributed by atoms with Crippen molar-refractivity contribution in [2.45, 2.75) is 0 Å². The van der Waals surface area contributed by atoms with E-state index in [1.165, 1.54) is 0 Å². The number of rotatable bonds is 1. The summed E-state index contributed by atoms with van der Waals surface area (Å²) in [5.41, 5.74) is 8.01. The van der Waals surface area contributed by atoms with Crippen LogP contribution in [0.1, 0.15) is 0 Å². The largest absolute Gasteiger partial charge is 0.368 e. The zero-order valence-corrected chi connectivity index (χ0v) is 10.3. The lowest BCUT2D eigenvalue weighted by molar-refractivity contribution is 1.10. The van der Waals surface area contributed by atoms with Crippen molar-refractivity contribution in [1.82, 2.24) is 20.2 Å². The highest BCUT2D eigenvalue weighted by Gasteiger charge is 2.09. The van der Waals surface area contributed by atoms with Gasteiger partial charge in [0.15, 0.2) is 0 Å². The number of nitrogens with two attached hydrogens (primary N) is 1. The Morgan fingerprint density at radius 2 is 2.12 bits per heavy atom. The highest BCUT2D eigenvalue weighted by Crippen LogP contribution is 2.27. The Morgan fingerprint density at radius 3 is 2.94 bits per heavy atom. The highest BCUT2D eigenvalue weighted by molar-refractivity contribution is 9.10. The van der Waals surface area contributed by atoms with E-state index in [9.17, 15) is 0 Å². The molecule has 5 nitrogen and oxygen atoms in total. The number of benzene rings is 1. The number of nitrogens with zero attached hydrogens (tertiary/aromatic N) is 3. The molecule has 3 aromatic rings. The number of hydrogen-bond acceptors (Lipinski definition) is 4. The van der Waals surface area contributed by atoms with Gasteiger partial charge in [0.2, 0.25) is 5.95 Å². The summed E-state index contributed by atoms with van der Waals surface area (Å²) in [7, 11) is 0. The second-order valence-corrected chi connectivity index (χ2v) is 4.48. The molecule has 0 saturated carbocycles. The van der Waals surface area contributed by atoms with Crippen LogP contribution in [0, 0.1) is 0 Å². The zero-order chi connectivity index (χ0) is 11.8. The smallest absolute Gasteiger partial charge is 0.220 e. The van der Waals surface area contributed by atoms with Crippen molar-refractivity contribution in [3.05, 3.63) is 34.9 Å². The Labute approximate surface area is 105 Å². The number of H-pyrrole nitrogens is 1. The van der Waals surface area contributed by atoms with Crippen LogP contribution in [0.15, 0.2) is 34.9 Å². The lowest BCUT2D eigenvalue weighted by Gasteiger charge is -1.98. The number of aromatic nitrogens is 4. The van der Waals surface area contributed by atoms with Gasteiger partial charge < -0.3 is 5.73 Å². The summed E-state index contributed by atoms with van der Waals surface area (Å²) in [6, 6.07) is 7.69. The summed E-state index contributed by atoms with van der Waals surface area (Å²) in [6.45, 7) is 0. The van der Waals surface area contributed by atoms with Crippen LogP contribution in [-0.4, -0.2) is 20.2 Å². The molecule has 0 radical (unpaired) electrons. The van der Waals surface area contributed by atoms with E-state index in [2.05, 4.69) is 36.1 Å².